The molecule has 2 atom stereocenters. The van der Waals surface area contributed by atoms with Crippen LogP contribution in [0.4, 0.5) is 10.2 Å². The second kappa shape index (κ2) is 10.2. The molecule has 7 rings (SSSR count). The lowest BCUT2D eigenvalue weighted by molar-refractivity contribution is -0.00886. The van der Waals surface area contributed by atoms with Crippen molar-refractivity contribution in [2.75, 3.05) is 31.2 Å². The van der Waals surface area contributed by atoms with Crippen molar-refractivity contribution in [3.63, 3.8) is 0 Å². The van der Waals surface area contributed by atoms with Crippen LogP contribution in [-0.2, 0) is 6.54 Å². The molecule has 3 aliphatic heterocycles. The standard InChI is InChI=1S/C28H31FN8O2/c1-4-38-28-24(29)7-19(11-31-28)13-35-21-8-22(35)15-34(14-21)26-5-6-36(33-26)25-9-23(39-17-18(2)3)16-37-27(25)20(10-30)12-32-37/h5-7,9,11-12,16,18,21-22H,4,8,13-15,17H2,1-3H3. The van der Waals surface area contributed by atoms with E-state index in [4.69, 9.17) is 14.6 Å². The minimum Gasteiger partial charge on any atom is -0.492 e. The highest BCUT2D eigenvalue weighted by Gasteiger charge is 2.45. The molecule has 11 heteroatoms. The normalized spacial score (nSPS) is 18.8. The first-order valence-electron chi connectivity index (χ1n) is 13.3. The third-order valence-electron chi connectivity index (χ3n) is 7.27. The highest BCUT2D eigenvalue weighted by atomic mass is 19.1. The van der Waals surface area contributed by atoms with Crippen LogP contribution in [0.5, 0.6) is 11.6 Å². The van der Waals surface area contributed by atoms with Crippen molar-refractivity contribution in [3.8, 4) is 23.4 Å². The second-order valence-corrected chi connectivity index (χ2v) is 10.5. The van der Waals surface area contributed by atoms with Crippen LogP contribution in [0.3, 0.4) is 0 Å². The van der Waals surface area contributed by atoms with Gasteiger partial charge in [-0.1, -0.05) is 13.8 Å². The van der Waals surface area contributed by atoms with Crippen LogP contribution in [0.2, 0.25) is 0 Å². The molecule has 2 bridgehead atoms. The largest absolute Gasteiger partial charge is 0.492 e. The number of hydrogen-bond acceptors (Lipinski definition) is 8. The van der Waals surface area contributed by atoms with Crippen molar-refractivity contribution in [2.24, 2.45) is 5.92 Å². The van der Waals surface area contributed by atoms with Crippen molar-refractivity contribution in [1.29, 1.82) is 5.26 Å². The number of aromatic nitrogens is 5. The molecule has 4 aromatic heterocycles. The molecule has 3 saturated heterocycles. The average molecular weight is 531 g/mol. The number of ether oxygens (including phenoxy) is 2. The van der Waals surface area contributed by atoms with Crippen LogP contribution >= 0.6 is 0 Å². The van der Waals surface area contributed by atoms with Crippen molar-refractivity contribution in [1.82, 2.24) is 29.3 Å². The van der Waals surface area contributed by atoms with E-state index < -0.39 is 5.82 Å². The van der Waals surface area contributed by atoms with Crippen LogP contribution in [-0.4, -0.2) is 67.7 Å². The molecule has 202 valence electrons. The monoisotopic (exact) mass is 530 g/mol. The summed E-state index contributed by atoms with van der Waals surface area (Å²) >= 11 is 0. The number of halogens is 1. The van der Waals surface area contributed by atoms with E-state index in [2.05, 4.69) is 39.8 Å². The molecule has 0 amide bonds. The zero-order valence-electron chi connectivity index (χ0n) is 22.3. The van der Waals surface area contributed by atoms with Crippen molar-refractivity contribution in [3.05, 3.63) is 59.9 Å². The molecular formula is C28H31FN8O2. The molecule has 0 saturated carbocycles. The predicted molar refractivity (Wildman–Crippen MR) is 143 cm³/mol. The van der Waals surface area contributed by atoms with E-state index in [-0.39, 0.29) is 5.88 Å². The number of hydrogen-bond donors (Lipinski definition) is 0. The van der Waals surface area contributed by atoms with Crippen molar-refractivity contribution in [2.45, 2.75) is 45.8 Å². The van der Waals surface area contributed by atoms with Gasteiger partial charge in [-0.2, -0.15) is 15.5 Å². The van der Waals surface area contributed by atoms with Crippen molar-refractivity contribution < 1.29 is 13.9 Å². The van der Waals surface area contributed by atoms with Crippen LogP contribution in [0.15, 0.2) is 43.0 Å². The minimum atomic E-state index is -0.419. The fraction of sp³-hybridized carbons (Fsp3) is 0.429. The fourth-order valence-corrected chi connectivity index (χ4v) is 5.43. The van der Waals surface area contributed by atoms with Gasteiger partial charge < -0.3 is 14.4 Å². The van der Waals surface area contributed by atoms with E-state index >= 15 is 0 Å². The molecule has 3 fully saturated rings. The zero-order chi connectivity index (χ0) is 27.1. The molecule has 0 N–H and O–H groups in total. The Hall–Kier alpha value is -4.17. The Labute approximate surface area is 226 Å². The number of piperazine rings is 1. The minimum absolute atomic E-state index is 0.0546. The molecule has 4 aromatic rings. The van der Waals surface area contributed by atoms with Crippen LogP contribution in [0.1, 0.15) is 38.3 Å². The highest BCUT2D eigenvalue weighted by Crippen LogP contribution is 2.36. The number of anilines is 1. The van der Waals surface area contributed by atoms with Gasteiger partial charge in [-0.25, -0.2) is 18.6 Å². The molecule has 0 aromatic carbocycles. The van der Waals surface area contributed by atoms with Crippen LogP contribution in [0.25, 0.3) is 11.2 Å². The summed E-state index contributed by atoms with van der Waals surface area (Å²) in [5, 5.41) is 18.9. The van der Waals surface area contributed by atoms with Gasteiger partial charge in [-0.3, -0.25) is 4.90 Å². The Morgan fingerprint density at radius 2 is 2.00 bits per heavy atom. The maximum absolute atomic E-state index is 14.3. The third kappa shape index (κ3) is 4.76. The van der Waals surface area contributed by atoms with Crippen LogP contribution < -0.4 is 14.4 Å². The number of piperidine rings is 1. The SMILES string of the molecule is CCOc1ncc(CN2C3CC2CN(c2ccn(-c4cc(OCC(C)C)cn5ncc(C#N)c45)n2)C3)cc1F. The average Bonchev–Trinajstić information content (AvgIpc) is 3.59. The first kappa shape index (κ1) is 25.1. The van der Waals surface area contributed by atoms with Gasteiger partial charge in [0.15, 0.2) is 11.6 Å². The predicted octanol–water partition coefficient (Wildman–Crippen LogP) is 3.82. The Morgan fingerprint density at radius 3 is 2.72 bits per heavy atom. The summed E-state index contributed by atoms with van der Waals surface area (Å²) in [6.07, 6.45) is 8.09. The summed E-state index contributed by atoms with van der Waals surface area (Å²) in [5.74, 6) is 1.56. The summed E-state index contributed by atoms with van der Waals surface area (Å²) < 4.78 is 29.0. The smallest absolute Gasteiger partial charge is 0.250 e. The van der Waals surface area contributed by atoms with Gasteiger partial charge in [0.1, 0.15) is 17.3 Å². The summed E-state index contributed by atoms with van der Waals surface area (Å²) in [6, 6.07) is 8.40. The summed E-state index contributed by atoms with van der Waals surface area (Å²) in [5.41, 5.74) is 2.76. The van der Waals surface area contributed by atoms with E-state index in [9.17, 15) is 9.65 Å². The van der Waals surface area contributed by atoms with E-state index in [0.717, 1.165) is 36.6 Å². The van der Waals surface area contributed by atoms with Gasteiger partial charge in [0.05, 0.1) is 36.9 Å². The van der Waals surface area contributed by atoms with Gasteiger partial charge >= 0.3 is 0 Å². The van der Waals surface area contributed by atoms with E-state index in [1.54, 1.807) is 27.8 Å². The fourth-order valence-electron chi connectivity index (χ4n) is 5.43. The van der Waals surface area contributed by atoms with Gasteiger partial charge in [-0.05, 0) is 30.9 Å². The Morgan fingerprint density at radius 1 is 1.18 bits per heavy atom. The quantitative estimate of drug-likeness (QED) is 0.322. The maximum Gasteiger partial charge on any atom is 0.250 e. The molecule has 2 unspecified atom stereocenters. The van der Waals surface area contributed by atoms with E-state index in [1.807, 2.05) is 25.3 Å². The van der Waals surface area contributed by atoms with Gasteiger partial charge in [-0.15, -0.1) is 0 Å². The highest BCUT2D eigenvalue weighted by molar-refractivity contribution is 5.73. The molecule has 39 heavy (non-hydrogen) atoms. The molecule has 0 spiro atoms. The maximum atomic E-state index is 14.3. The zero-order valence-corrected chi connectivity index (χ0v) is 22.3. The number of pyridine rings is 2. The van der Waals surface area contributed by atoms with Gasteiger partial charge in [0.2, 0.25) is 5.88 Å². The summed E-state index contributed by atoms with van der Waals surface area (Å²) in [6.45, 7) is 9.30. The molecule has 10 nitrogen and oxygen atoms in total. The van der Waals surface area contributed by atoms with E-state index in [0.29, 0.717) is 54.6 Å². The topological polar surface area (TPSA) is 96.7 Å². The molecular weight excluding hydrogens is 499 g/mol. The summed E-state index contributed by atoms with van der Waals surface area (Å²) in [4.78, 5) is 8.85. The molecule has 7 heterocycles. The lowest BCUT2D eigenvalue weighted by Gasteiger charge is -2.56. The van der Waals surface area contributed by atoms with Crippen LogP contribution in [0, 0.1) is 23.1 Å². The summed E-state index contributed by atoms with van der Waals surface area (Å²) in [7, 11) is 0. The Balaban J connectivity index is 1.19. The van der Waals surface area contributed by atoms with Gasteiger partial charge in [0, 0.05) is 56.2 Å². The third-order valence-corrected chi connectivity index (χ3v) is 7.27. The first-order chi connectivity index (χ1) is 18.9. The Bertz CT molecular complexity index is 1530. The number of nitrogens with zero attached hydrogens (tertiary/aromatic N) is 8. The number of rotatable bonds is 9. The Kier molecular flexibility index (Phi) is 6.56. The van der Waals surface area contributed by atoms with E-state index in [1.165, 1.54) is 6.07 Å². The van der Waals surface area contributed by atoms with Gasteiger partial charge in [0.25, 0.3) is 0 Å². The first-order valence-corrected chi connectivity index (χ1v) is 13.3. The second-order valence-electron chi connectivity index (χ2n) is 10.5. The number of fused-ring (bicyclic) bond motifs is 3. The lowest BCUT2D eigenvalue weighted by Crippen LogP contribution is -2.68. The number of nitriles is 1. The molecule has 0 radical (unpaired) electrons. The molecule has 3 aliphatic rings. The lowest BCUT2D eigenvalue weighted by atomic mass is 9.87. The van der Waals surface area contributed by atoms with Crippen molar-refractivity contribution >= 4 is 11.3 Å². The molecule has 0 aliphatic carbocycles.